The fraction of sp³-hybridized carbons (Fsp3) is 0.138. The number of fused-ring (bicyclic) bond motifs is 1. The fourth-order valence-electron chi connectivity index (χ4n) is 4.01. The molecule has 4 rings (SSSR count). The van der Waals surface area contributed by atoms with E-state index >= 15 is 0 Å². The molecule has 1 unspecified atom stereocenters. The molecule has 1 atom stereocenters. The van der Waals surface area contributed by atoms with Crippen molar-refractivity contribution in [2.75, 3.05) is 0 Å². The highest BCUT2D eigenvalue weighted by molar-refractivity contribution is 6.30. The van der Waals surface area contributed by atoms with Gasteiger partial charge in [0.25, 0.3) is 0 Å². The van der Waals surface area contributed by atoms with Gasteiger partial charge in [0.15, 0.2) is 0 Å². The molecule has 0 spiro atoms. The van der Waals surface area contributed by atoms with E-state index < -0.39 is 11.6 Å². The average molecular weight is 455 g/mol. The van der Waals surface area contributed by atoms with Crippen LogP contribution in [0.4, 0.5) is 0 Å². The van der Waals surface area contributed by atoms with Crippen LogP contribution in [-0.4, -0.2) is 16.2 Å². The van der Waals surface area contributed by atoms with Crippen molar-refractivity contribution in [3.8, 4) is 23.0 Å². The topological polar surface area (TPSA) is 57.5 Å². The molecule has 3 nitrogen and oxygen atoms in total. The number of hydrogen-bond donors (Lipinski definition) is 2. The van der Waals surface area contributed by atoms with Crippen molar-refractivity contribution in [3.05, 3.63) is 106 Å². The Morgan fingerprint density at radius 1 is 1.00 bits per heavy atom. The lowest BCUT2D eigenvalue weighted by atomic mass is 9.88. The minimum Gasteiger partial charge on any atom is -0.481 e. The summed E-state index contributed by atoms with van der Waals surface area (Å²) >= 11 is 6.10. The Kier molecular flexibility index (Phi) is 6.24. The van der Waals surface area contributed by atoms with Crippen LogP contribution in [-0.2, 0) is 16.8 Å². The van der Waals surface area contributed by atoms with E-state index in [0.29, 0.717) is 5.02 Å². The van der Waals surface area contributed by atoms with Gasteiger partial charge in [-0.1, -0.05) is 78.0 Å². The Balaban J connectivity index is 1.90. The zero-order valence-corrected chi connectivity index (χ0v) is 19.1. The highest BCUT2D eigenvalue weighted by Crippen LogP contribution is 2.36. The molecule has 0 bridgehead atoms. The molecule has 0 saturated carbocycles. The van der Waals surface area contributed by atoms with Crippen molar-refractivity contribution < 1.29 is 15.0 Å². The standard InChI is InChI=1S/C29H23ClO3/c1-19-16-22-9-8-20(14-15-29(2,33)23-6-4-3-5-7-23)17-26(22)28(25(19)18-27(31)32)21-10-12-24(30)13-11-21/h3-13,16-17,33H,18H2,1-2H3,(H,31,32). The maximum absolute atomic E-state index is 11.6. The second-order valence-corrected chi connectivity index (χ2v) is 8.69. The van der Waals surface area contributed by atoms with Crippen molar-refractivity contribution in [3.63, 3.8) is 0 Å². The molecule has 0 saturated heterocycles. The van der Waals surface area contributed by atoms with Crippen LogP contribution in [0.5, 0.6) is 0 Å². The first kappa shape index (κ1) is 22.6. The van der Waals surface area contributed by atoms with E-state index in [4.69, 9.17) is 11.6 Å². The molecule has 164 valence electrons. The van der Waals surface area contributed by atoms with E-state index in [-0.39, 0.29) is 6.42 Å². The van der Waals surface area contributed by atoms with Gasteiger partial charge in [0.05, 0.1) is 6.42 Å². The third kappa shape index (κ3) is 4.93. The molecular weight excluding hydrogens is 432 g/mol. The van der Waals surface area contributed by atoms with Crippen LogP contribution in [0.25, 0.3) is 21.9 Å². The minimum atomic E-state index is -1.29. The van der Waals surface area contributed by atoms with Crippen LogP contribution in [0, 0.1) is 18.8 Å². The number of rotatable bonds is 4. The lowest BCUT2D eigenvalue weighted by Gasteiger charge is -2.17. The number of aryl methyl sites for hydroxylation is 1. The summed E-state index contributed by atoms with van der Waals surface area (Å²) in [6.45, 7) is 3.60. The third-order valence-corrected chi connectivity index (χ3v) is 5.97. The van der Waals surface area contributed by atoms with Gasteiger partial charge in [-0.05, 0) is 76.7 Å². The highest BCUT2D eigenvalue weighted by atomic mass is 35.5. The van der Waals surface area contributed by atoms with E-state index in [9.17, 15) is 15.0 Å². The summed E-state index contributed by atoms with van der Waals surface area (Å²) in [6, 6.07) is 24.6. The summed E-state index contributed by atoms with van der Waals surface area (Å²) in [4.78, 5) is 11.6. The smallest absolute Gasteiger partial charge is 0.307 e. The van der Waals surface area contributed by atoms with Gasteiger partial charge < -0.3 is 10.2 Å². The number of aliphatic hydroxyl groups is 1. The van der Waals surface area contributed by atoms with Crippen LogP contribution in [0.2, 0.25) is 5.02 Å². The second-order valence-electron chi connectivity index (χ2n) is 8.25. The Hall–Kier alpha value is -3.58. The number of halogens is 1. The third-order valence-electron chi connectivity index (χ3n) is 5.72. The Labute approximate surface area is 198 Å². The van der Waals surface area contributed by atoms with Gasteiger partial charge >= 0.3 is 5.97 Å². The largest absolute Gasteiger partial charge is 0.481 e. The highest BCUT2D eigenvalue weighted by Gasteiger charge is 2.19. The summed E-state index contributed by atoms with van der Waals surface area (Å²) < 4.78 is 0. The Morgan fingerprint density at radius 2 is 1.70 bits per heavy atom. The summed E-state index contributed by atoms with van der Waals surface area (Å²) in [7, 11) is 0. The van der Waals surface area contributed by atoms with E-state index in [1.54, 1.807) is 19.1 Å². The summed E-state index contributed by atoms with van der Waals surface area (Å²) in [6.07, 6.45) is -0.0850. The number of benzene rings is 4. The lowest BCUT2D eigenvalue weighted by molar-refractivity contribution is -0.136. The Morgan fingerprint density at radius 3 is 2.36 bits per heavy atom. The SMILES string of the molecule is Cc1cc2ccc(C#CC(C)(O)c3ccccc3)cc2c(-c2ccc(Cl)cc2)c1CC(=O)O. The molecule has 0 amide bonds. The lowest BCUT2D eigenvalue weighted by Crippen LogP contribution is -2.18. The molecule has 0 aromatic heterocycles. The van der Waals surface area contributed by atoms with E-state index in [2.05, 4.69) is 11.8 Å². The van der Waals surface area contributed by atoms with Gasteiger partial charge in [-0.15, -0.1) is 0 Å². The van der Waals surface area contributed by atoms with Crippen molar-refractivity contribution in [2.24, 2.45) is 0 Å². The van der Waals surface area contributed by atoms with Gasteiger partial charge in [0.2, 0.25) is 0 Å². The van der Waals surface area contributed by atoms with Crippen molar-refractivity contribution in [2.45, 2.75) is 25.9 Å². The zero-order valence-electron chi connectivity index (χ0n) is 18.4. The van der Waals surface area contributed by atoms with Gasteiger partial charge in [0.1, 0.15) is 5.60 Å². The first-order valence-corrected chi connectivity index (χ1v) is 11.0. The maximum atomic E-state index is 11.6. The molecule has 0 radical (unpaired) electrons. The van der Waals surface area contributed by atoms with Gasteiger partial charge in [-0.2, -0.15) is 0 Å². The summed E-state index contributed by atoms with van der Waals surface area (Å²) in [5.74, 6) is 5.19. The molecule has 33 heavy (non-hydrogen) atoms. The van der Waals surface area contributed by atoms with Gasteiger partial charge in [0, 0.05) is 10.6 Å². The van der Waals surface area contributed by atoms with Crippen LogP contribution in [0.15, 0.2) is 78.9 Å². The number of hydrogen-bond acceptors (Lipinski definition) is 2. The van der Waals surface area contributed by atoms with Crippen molar-refractivity contribution in [1.29, 1.82) is 0 Å². The molecule has 2 N–H and O–H groups in total. The molecule has 0 heterocycles. The molecule has 4 heteroatoms. The quantitative estimate of drug-likeness (QED) is 0.353. The zero-order chi connectivity index (χ0) is 23.6. The number of carboxylic acid groups (broad SMARTS) is 1. The van der Waals surface area contributed by atoms with E-state index in [1.807, 2.05) is 73.7 Å². The first-order valence-electron chi connectivity index (χ1n) is 10.6. The molecule has 4 aromatic carbocycles. The van der Waals surface area contributed by atoms with Crippen LogP contribution in [0.3, 0.4) is 0 Å². The number of carboxylic acids is 1. The second kappa shape index (κ2) is 9.11. The maximum Gasteiger partial charge on any atom is 0.307 e. The molecule has 0 fully saturated rings. The molecule has 0 aliphatic heterocycles. The number of carbonyl (C=O) groups is 1. The van der Waals surface area contributed by atoms with Gasteiger partial charge in [-0.25, -0.2) is 0 Å². The van der Waals surface area contributed by atoms with Crippen LogP contribution >= 0.6 is 11.6 Å². The monoisotopic (exact) mass is 454 g/mol. The predicted octanol–water partition coefficient (Wildman–Crippen LogP) is 6.35. The normalized spacial score (nSPS) is 12.6. The number of aliphatic carboxylic acids is 1. The minimum absolute atomic E-state index is 0.0850. The molecular formula is C29H23ClO3. The van der Waals surface area contributed by atoms with Crippen LogP contribution < -0.4 is 0 Å². The fourth-order valence-corrected chi connectivity index (χ4v) is 4.14. The predicted molar refractivity (Wildman–Crippen MR) is 133 cm³/mol. The summed E-state index contributed by atoms with van der Waals surface area (Å²) in [5, 5.41) is 22.9. The first-order chi connectivity index (χ1) is 15.7. The Bertz CT molecular complexity index is 1390. The molecule has 0 aliphatic rings. The van der Waals surface area contributed by atoms with Gasteiger partial charge in [-0.3, -0.25) is 4.79 Å². The summed E-state index contributed by atoms with van der Waals surface area (Å²) in [5.41, 5.74) is 3.60. The molecule has 4 aromatic rings. The van der Waals surface area contributed by atoms with Crippen LogP contribution in [0.1, 0.15) is 29.2 Å². The average Bonchev–Trinajstić information content (AvgIpc) is 2.79. The van der Waals surface area contributed by atoms with Crippen molar-refractivity contribution in [1.82, 2.24) is 0 Å². The van der Waals surface area contributed by atoms with Crippen molar-refractivity contribution >= 4 is 28.3 Å². The van der Waals surface area contributed by atoms with E-state index in [1.165, 1.54) is 0 Å². The van der Waals surface area contributed by atoms with E-state index in [0.717, 1.165) is 44.2 Å². The molecule has 0 aliphatic carbocycles.